The molecule has 0 aliphatic carbocycles. The molecule has 182 valence electrons. The number of furan rings is 1. The zero-order chi connectivity index (χ0) is 24.6. The van der Waals surface area contributed by atoms with Crippen LogP contribution in [0.4, 0.5) is 18.0 Å². The SMILES string of the molecule is CC(C)(C)OC(=O)N1CCC(c2cc(F)cc(F)c2OCc2ccc(Cl)c3cc(F)oc23)CC1. The molecule has 0 N–H and O–H groups in total. The van der Waals surface area contributed by atoms with Gasteiger partial charge >= 0.3 is 6.09 Å². The van der Waals surface area contributed by atoms with E-state index in [-0.39, 0.29) is 23.9 Å². The third-order valence-electron chi connectivity index (χ3n) is 5.68. The van der Waals surface area contributed by atoms with E-state index in [1.807, 2.05) is 0 Å². The van der Waals surface area contributed by atoms with Crippen molar-refractivity contribution < 1.29 is 31.9 Å². The Morgan fingerprint density at radius 1 is 1.15 bits per heavy atom. The molecule has 0 bridgehead atoms. The predicted molar refractivity (Wildman–Crippen MR) is 122 cm³/mol. The van der Waals surface area contributed by atoms with Crippen LogP contribution in [0, 0.1) is 17.6 Å². The molecule has 4 rings (SSSR count). The zero-order valence-electron chi connectivity index (χ0n) is 19.1. The molecule has 0 spiro atoms. The Hall–Kier alpha value is -2.87. The Kier molecular flexibility index (Phi) is 6.71. The fourth-order valence-electron chi connectivity index (χ4n) is 4.12. The summed E-state index contributed by atoms with van der Waals surface area (Å²) in [6.07, 6.45) is 0.574. The van der Waals surface area contributed by atoms with E-state index in [0.717, 1.165) is 6.07 Å². The van der Waals surface area contributed by atoms with Gasteiger partial charge in [0.05, 0.1) is 5.02 Å². The van der Waals surface area contributed by atoms with Gasteiger partial charge < -0.3 is 18.8 Å². The first kappa shape index (κ1) is 24.3. The minimum atomic E-state index is -0.833. The largest absolute Gasteiger partial charge is 0.485 e. The Bertz CT molecular complexity index is 1210. The van der Waals surface area contributed by atoms with E-state index in [9.17, 15) is 18.0 Å². The Labute approximate surface area is 200 Å². The maximum atomic E-state index is 14.8. The second-order valence-corrected chi connectivity index (χ2v) is 9.74. The van der Waals surface area contributed by atoms with Crippen molar-refractivity contribution in [2.24, 2.45) is 0 Å². The molecule has 0 unspecified atom stereocenters. The molecule has 1 aliphatic rings. The molecule has 9 heteroatoms. The van der Waals surface area contributed by atoms with Gasteiger partial charge in [0.2, 0.25) is 0 Å². The van der Waals surface area contributed by atoms with Gasteiger partial charge in [-0.05, 0) is 51.7 Å². The van der Waals surface area contributed by atoms with Crippen LogP contribution >= 0.6 is 11.6 Å². The normalized spacial score (nSPS) is 15.1. The topological polar surface area (TPSA) is 51.9 Å². The van der Waals surface area contributed by atoms with Crippen molar-refractivity contribution in [2.45, 2.75) is 51.7 Å². The number of benzene rings is 2. The molecule has 0 radical (unpaired) electrons. The summed E-state index contributed by atoms with van der Waals surface area (Å²) in [5, 5.41) is 0.700. The highest BCUT2D eigenvalue weighted by Gasteiger charge is 2.30. The van der Waals surface area contributed by atoms with Crippen LogP contribution < -0.4 is 4.74 Å². The lowest BCUT2D eigenvalue weighted by atomic mass is 9.88. The van der Waals surface area contributed by atoms with Gasteiger partial charge in [-0.3, -0.25) is 0 Å². The van der Waals surface area contributed by atoms with Gasteiger partial charge in [0, 0.05) is 41.7 Å². The number of nitrogens with zero attached hydrogens (tertiary/aromatic N) is 1. The highest BCUT2D eigenvalue weighted by atomic mass is 35.5. The number of amides is 1. The van der Waals surface area contributed by atoms with E-state index in [4.69, 9.17) is 25.5 Å². The molecule has 1 aromatic heterocycles. The quantitative estimate of drug-likeness (QED) is 0.384. The summed E-state index contributed by atoms with van der Waals surface area (Å²) >= 11 is 6.09. The summed E-state index contributed by atoms with van der Waals surface area (Å²) < 4.78 is 58.8. The van der Waals surface area contributed by atoms with E-state index >= 15 is 0 Å². The highest BCUT2D eigenvalue weighted by Crippen LogP contribution is 2.38. The number of fused-ring (bicyclic) bond motifs is 1. The van der Waals surface area contributed by atoms with Crippen LogP contribution in [0.1, 0.15) is 50.7 Å². The number of ether oxygens (including phenoxy) is 2. The first-order valence-corrected chi connectivity index (χ1v) is 11.4. The molecule has 2 heterocycles. The lowest BCUT2D eigenvalue weighted by Gasteiger charge is -2.34. The molecule has 1 aliphatic heterocycles. The Morgan fingerprint density at radius 3 is 2.53 bits per heavy atom. The number of piperidine rings is 1. The summed E-state index contributed by atoms with van der Waals surface area (Å²) in [6.45, 7) is 6.03. The van der Waals surface area contributed by atoms with Gasteiger partial charge in [-0.25, -0.2) is 13.6 Å². The van der Waals surface area contributed by atoms with Crippen LogP contribution in [0.5, 0.6) is 5.75 Å². The number of carbonyl (C=O) groups is 1. The van der Waals surface area contributed by atoms with Gasteiger partial charge in [0.15, 0.2) is 11.6 Å². The van der Waals surface area contributed by atoms with Gasteiger partial charge in [0.25, 0.3) is 6.01 Å². The summed E-state index contributed by atoms with van der Waals surface area (Å²) in [5.41, 5.74) is 0.458. The number of rotatable bonds is 4. The molecule has 1 fully saturated rings. The van der Waals surface area contributed by atoms with Crippen molar-refractivity contribution in [2.75, 3.05) is 13.1 Å². The first-order chi connectivity index (χ1) is 16.0. The predicted octanol–water partition coefficient (Wildman–Crippen LogP) is 7.20. The Balaban J connectivity index is 1.53. The molecule has 5 nitrogen and oxygen atoms in total. The van der Waals surface area contributed by atoms with Gasteiger partial charge in [0.1, 0.15) is 23.6 Å². The Morgan fingerprint density at radius 2 is 1.85 bits per heavy atom. The highest BCUT2D eigenvalue weighted by molar-refractivity contribution is 6.35. The van der Waals surface area contributed by atoms with Gasteiger partial charge in [-0.1, -0.05) is 17.7 Å². The van der Waals surface area contributed by atoms with Crippen molar-refractivity contribution in [3.63, 3.8) is 0 Å². The minimum absolute atomic E-state index is 0.0766. The number of hydrogen-bond acceptors (Lipinski definition) is 4. The van der Waals surface area contributed by atoms with Crippen LogP contribution in [0.2, 0.25) is 5.02 Å². The summed E-state index contributed by atoms with van der Waals surface area (Å²) in [7, 11) is 0. The lowest BCUT2D eigenvalue weighted by Crippen LogP contribution is -2.41. The molecule has 1 saturated heterocycles. The van der Waals surface area contributed by atoms with E-state index in [1.54, 1.807) is 37.8 Å². The lowest BCUT2D eigenvalue weighted by molar-refractivity contribution is 0.0204. The third kappa shape index (κ3) is 5.27. The third-order valence-corrected chi connectivity index (χ3v) is 6.01. The van der Waals surface area contributed by atoms with E-state index in [0.29, 0.717) is 47.5 Å². The van der Waals surface area contributed by atoms with Crippen molar-refractivity contribution in [1.82, 2.24) is 4.90 Å². The van der Waals surface area contributed by atoms with Gasteiger partial charge in [-0.15, -0.1) is 0 Å². The molecule has 3 aromatic rings. The molecule has 34 heavy (non-hydrogen) atoms. The molecule has 0 saturated carbocycles. The van der Waals surface area contributed by atoms with Crippen LogP contribution in [0.3, 0.4) is 0 Å². The molecule has 2 aromatic carbocycles. The summed E-state index contributed by atoms with van der Waals surface area (Å²) in [6, 6.07) is 5.58. The van der Waals surface area contributed by atoms with E-state index in [2.05, 4.69) is 0 Å². The van der Waals surface area contributed by atoms with Crippen molar-refractivity contribution in [1.29, 1.82) is 0 Å². The molecule has 1 amide bonds. The average Bonchev–Trinajstić information content (AvgIpc) is 3.15. The minimum Gasteiger partial charge on any atom is -0.485 e. The molecular weight excluding hydrogens is 471 g/mol. The van der Waals surface area contributed by atoms with E-state index in [1.165, 1.54) is 12.1 Å². The fraction of sp³-hybridized carbons (Fsp3) is 0.400. The number of halogens is 4. The maximum absolute atomic E-state index is 14.8. The zero-order valence-corrected chi connectivity index (χ0v) is 19.8. The molecule has 0 atom stereocenters. The fourth-order valence-corrected chi connectivity index (χ4v) is 4.32. The monoisotopic (exact) mass is 495 g/mol. The van der Waals surface area contributed by atoms with Crippen LogP contribution in [-0.2, 0) is 11.3 Å². The smallest absolute Gasteiger partial charge is 0.410 e. The van der Waals surface area contributed by atoms with Crippen molar-refractivity contribution in [3.05, 3.63) is 64.1 Å². The second kappa shape index (κ2) is 9.41. The average molecular weight is 496 g/mol. The maximum Gasteiger partial charge on any atom is 0.410 e. The number of carbonyl (C=O) groups excluding carboxylic acids is 1. The van der Waals surface area contributed by atoms with E-state index < -0.39 is 29.3 Å². The summed E-state index contributed by atoms with van der Waals surface area (Å²) in [5.74, 6) is -1.84. The van der Waals surface area contributed by atoms with Crippen LogP contribution in [-0.4, -0.2) is 29.7 Å². The number of likely N-dealkylation sites (tertiary alicyclic amines) is 1. The van der Waals surface area contributed by atoms with Crippen molar-refractivity contribution >= 4 is 28.7 Å². The molecular formula is C25H25ClF3NO4. The van der Waals surface area contributed by atoms with Crippen LogP contribution in [0.15, 0.2) is 34.7 Å². The summed E-state index contributed by atoms with van der Waals surface area (Å²) in [4.78, 5) is 13.9. The second-order valence-electron chi connectivity index (χ2n) is 9.34. The number of hydrogen-bond donors (Lipinski definition) is 0. The van der Waals surface area contributed by atoms with Crippen molar-refractivity contribution in [3.8, 4) is 5.75 Å². The first-order valence-electron chi connectivity index (χ1n) is 11.0. The standard InChI is InChI=1S/C25H25ClF3NO4/c1-25(2,3)34-24(31)30-8-6-14(7-9-30)17-10-16(27)11-20(28)23(17)32-13-15-4-5-19(26)18-12-21(29)33-22(15)18/h4-5,10-12,14H,6-9,13H2,1-3H3. The van der Waals surface area contributed by atoms with Gasteiger partial charge in [-0.2, -0.15) is 4.39 Å². The van der Waals surface area contributed by atoms with Crippen LogP contribution in [0.25, 0.3) is 11.0 Å².